The molecular weight excluding hydrogens is 252 g/mol. The lowest BCUT2D eigenvalue weighted by molar-refractivity contribution is 0.261. The van der Waals surface area contributed by atoms with E-state index in [2.05, 4.69) is 30.3 Å². The second kappa shape index (κ2) is 6.77. The molecule has 2 aromatic heterocycles. The van der Waals surface area contributed by atoms with Crippen LogP contribution in [0.15, 0.2) is 27.0 Å². The van der Waals surface area contributed by atoms with Crippen molar-refractivity contribution < 1.29 is 8.83 Å². The molecule has 0 atom stereocenters. The lowest BCUT2D eigenvalue weighted by Gasteiger charge is -2.12. The topological polar surface area (TPSA) is 41.5 Å². The third kappa shape index (κ3) is 3.99. The van der Waals surface area contributed by atoms with Crippen molar-refractivity contribution in [3.8, 4) is 0 Å². The Labute approximate surface area is 120 Å². The van der Waals surface area contributed by atoms with Gasteiger partial charge in [0.1, 0.15) is 23.0 Å². The Kier molecular flexibility index (Phi) is 5.04. The predicted molar refractivity (Wildman–Crippen MR) is 79.4 cm³/mol. The molecule has 1 N–H and O–H groups in total. The van der Waals surface area contributed by atoms with Crippen molar-refractivity contribution in [3.63, 3.8) is 0 Å². The van der Waals surface area contributed by atoms with E-state index in [1.165, 1.54) is 5.56 Å². The van der Waals surface area contributed by atoms with Crippen molar-refractivity contribution in [1.29, 1.82) is 0 Å². The summed E-state index contributed by atoms with van der Waals surface area (Å²) in [7, 11) is 2.07. The molecule has 0 saturated carbocycles. The van der Waals surface area contributed by atoms with Crippen LogP contribution in [0.1, 0.15) is 35.5 Å². The van der Waals surface area contributed by atoms with Crippen LogP contribution in [0.2, 0.25) is 0 Å². The molecule has 2 aromatic rings. The molecule has 0 fully saturated rings. The summed E-state index contributed by atoms with van der Waals surface area (Å²) < 4.78 is 11.4. The van der Waals surface area contributed by atoms with Crippen molar-refractivity contribution in [2.75, 3.05) is 13.6 Å². The minimum atomic E-state index is 0.784. The number of hydrogen-bond donors (Lipinski definition) is 1. The molecule has 0 radical (unpaired) electrons. The number of rotatable bonds is 7. The molecule has 2 heterocycles. The van der Waals surface area contributed by atoms with E-state index in [-0.39, 0.29) is 0 Å². The molecule has 0 bridgehead atoms. The number of nitrogens with one attached hydrogen (secondary N) is 1. The van der Waals surface area contributed by atoms with Crippen molar-refractivity contribution in [1.82, 2.24) is 10.2 Å². The first-order valence-electron chi connectivity index (χ1n) is 7.11. The first-order valence-corrected chi connectivity index (χ1v) is 7.11. The molecule has 0 saturated heterocycles. The van der Waals surface area contributed by atoms with Crippen molar-refractivity contribution >= 4 is 0 Å². The molecule has 0 unspecified atom stereocenters. The van der Waals surface area contributed by atoms with Gasteiger partial charge in [0, 0.05) is 12.1 Å². The van der Waals surface area contributed by atoms with E-state index in [4.69, 9.17) is 8.83 Å². The van der Waals surface area contributed by atoms with Crippen LogP contribution in [-0.2, 0) is 19.6 Å². The first kappa shape index (κ1) is 14.9. The maximum Gasteiger partial charge on any atom is 0.118 e. The number of aryl methyl sites for hydroxylation is 2. The molecule has 4 nitrogen and oxygen atoms in total. The quantitative estimate of drug-likeness (QED) is 0.843. The zero-order chi connectivity index (χ0) is 14.5. The summed E-state index contributed by atoms with van der Waals surface area (Å²) in [6.07, 6.45) is 0. The van der Waals surface area contributed by atoms with E-state index in [0.29, 0.717) is 0 Å². The Bertz CT molecular complexity index is 542. The highest BCUT2D eigenvalue weighted by Gasteiger charge is 2.10. The fourth-order valence-corrected chi connectivity index (χ4v) is 2.26. The molecule has 0 aliphatic carbocycles. The van der Waals surface area contributed by atoms with E-state index < -0.39 is 0 Å². The van der Waals surface area contributed by atoms with E-state index in [9.17, 15) is 0 Å². The molecule has 0 aliphatic heterocycles. The van der Waals surface area contributed by atoms with Gasteiger partial charge < -0.3 is 14.2 Å². The highest BCUT2D eigenvalue weighted by molar-refractivity contribution is 5.20. The standard InChI is InChI=1S/C16H24N2O2/c1-5-17-9-14-8-16(20-13(14)3)11-18(4)10-15-7-6-12(2)19-15/h6-8,17H,5,9-11H2,1-4H3. The number of hydrogen-bond acceptors (Lipinski definition) is 4. The van der Waals surface area contributed by atoms with Crippen LogP contribution in [0.5, 0.6) is 0 Å². The average molecular weight is 276 g/mol. The summed E-state index contributed by atoms with van der Waals surface area (Å²) in [4.78, 5) is 2.19. The molecular formula is C16H24N2O2. The van der Waals surface area contributed by atoms with Gasteiger partial charge >= 0.3 is 0 Å². The normalized spacial score (nSPS) is 11.4. The number of nitrogens with zero attached hydrogens (tertiary/aromatic N) is 1. The van der Waals surface area contributed by atoms with Crippen LogP contribution in [0.25, 0.3) is 0 Å². The van der Waals surface area contributed by atoms with Crippen molar-refractivity contribution in [3.05, 3.63) is 46.8 Å². The molecule has 20 heavy (non-hydrogen) atoms. The summed E-state index contributed by atoms with van der Waals surface area (Å²) in [5.74, 6) is 3.95. The maximum atomic E-state index is 5.81. The van der Waals surface area contributed by atoms with Gasteiger partial charge in [-0.3, -0.25) is 4.90 Å². The Hall–Kier alpha value is -1.52. The average Bonchev–Trinajstić information content (AvgIpc) is 2.93. The number of furan rings is 2. The zero-order valence-electron chi connectivity index (χ0n) is 12.8. The fourth-order valence-electron chi connectivity index (χ4n) is 2.26. The van der Waals surface area contributed by atoms with Gasteiger partial charge in [-0.15, -0.1) is 0 Å². The second-order valence-electron chi connectivity index (χ2n) is 5.26. The molecule has 0 aliphatic rings. The molecule has 4 heteroatoms. The molecule has 2 rings (SSSR count). The summed E-state index contributed by atoms with van der Waals surface area (Å²) in [6.45, 7) is 9.50. The molecule has 0 aromatic carbocycles. The minimum Gasteiger partial charge on any atom is -0.465 e. The van der Waals surface area contributed by atoms with E-state index >= 15 is 0 Å². The Morgan fingerprint density at radius 2 is 1.85 bits per heavy atom. The minimum absolute atomic E-state index is 0.784. The summed E-state index contributed by atoms with van der Waals surface area (Å²) in [5.41, 5.74) is 1.24. The van der Waals surface area contributed by atoms with E-state index in [1.54, 1.807) is 0 Å². The first-order chi connectivity index (χ1) is 9.58. The SMILES string of the molecule is CCNCc1cc(CN(C)Cc2ccc(C)o2)oc1C. The predicted octanol–water partition coefficient (Wildman–Crippen LogP) is 3.23. The van der Waals surface area contributed by atoms with Gasteiger partial charge in [0.15, 0.2) is 0 Å². The van der Waals surface area contributed by atoms with Crippen LogP contribution in [0.3, 0.4) is 0 Å². The van der Waals surface area contributed by atoms with Gasteiger partial charge in [-0.2, -0.15) is 0 Å². The highest BCUT2D eigenvalue weighted by atomic mass is 16.3. The van der Waals surface area contributed by atoms with Gasteiger partial charge in [0.25, 0.3) is 0 Å². The molecule has 0 spiro atoms. The Morgan fingerprint density at radius 3 is 2.50 bits per heavy atom. The van der Waals surface area contributed by atoms with Gasteiger partial charge in [-0.25, -0.2) is 0 Å². The summed E-state index contributed by atoms with van der Waals surface area (Å²) >= 11 is 0. The van der Waals surface area contributed by atoms with Crippen LogP contribution in [0.4, 0.5) is 0 Å². The van der Waals surface area contributed by atoms with Gasteiger partial charge in [-0.1, -0.05) is 6.92 Å². The molecule has 0 amide bonds. The molecule has 110 valence electrons. The third-order valence-electron chi connectivity index (χ3n) is 3.28. The van der Waals surface area contributed by atoms with Crippen LogP contribution in [0, 0.1) is 13.8 Å². The zero-order valence-corrected chi connectivity index (χ0v) is 12.8. The van der Waals surface area contributed by atoms with E-state index in [1.807, 2.05) is 26.0 Å². The lowest BCUT2D eigenvalue weighted by Crippen LogP contribution is -2.16. The van der Waals surface area contributed by atoms with Crippen molar-refractivity contribution in [2.24, 2.45) is 0 Å². The largest absolute Gasteiger partial charge is 0.465 e. The lowest BCUT2D eigenvalue weighted by atomic mass is 10.2. The van der Waals surface area contributed by atoms with Gasteiger partial charge in [0.2, 0.25) is 0 Å². The highest BCUT2D eigenvalue weighted by Crippen LogP contribution is 2.17. The van der Waals surface area contributed by atoms with Crippen LogP contribution in [-0.4, -0.2) is 18.5 Å². The Morgan fingerprint density at radius 1 is 1.10 bits per heavy atom. The van der Waals surface area contributed by atoms with Crippen LogP contribution < -0.4 is 5.32 Å². The van der Waals surface area contributed by atoms with Gasteiger partial charge in [0.05, 0.1) is 13.1 Å². The van der Waals surface area contributed by atoms with Crippen LogP contribution >= 0.6 is 0 Å². The Balaban J connectivity index is 1.92. The maximum absolute atomic E-state index is 5.81. The fraction of sp³-hybridized carbons (Fsp3) is 0.500. The smallest absolute Gasteiger partial charge is 0.118 e. The third-order valence-corrected chi connectivity index (χ3v) is 3.28. The van der Waals surface area contributed by atoms with E-state index in [0.717, 1.165) is 49.2 Å². The second-order valence-corrected chi connectivity index (χ2v) is 5.26. The monoisotopic (exact) mass is 276 g/mol. The van der Waals surface area contributed by atoms with Crippen molar-refractivity contribution in [2.45, 2.75) is 40.4 Å². The summed E-state index contributed by atoms with van der Waals surface area (Å²) in [6, 6.07) is 6.16. The van der Waals surface area contributed by atoms with Gasteiger partial charge in [-0.05, 0) is 45.6 Å². The summed E-state index contributed by atoms with van der Waals surface area (Å²) in [5, 5.41) is 3.33.